The fraction of sp³-hybridized carbons (Fsp3) is 0.278. The van der Waals surface area contributed by atoms with Crippen molar-refractivity contribution in [3.8, 4) is 5.75 Å². The Balaban J connectivity index is 2.12. The molecule has 0 saturated heterocycles. The summed E-state index contributed by atoms with van der Waals surface area (Å²) in [5, 5.41) is 0.729. The van der Waals surface area contributed by atoms with Gasteiger partial charge in [-0.05, 0) is 56.2 Å². The van der Waals surface area contributed by atoms with E-state index in [9.17, 15) is 4.79 Å². The number of hydrogen-bond donors (Lipinski definition) is 0. The van der Waals surface area contributed by atoms with Gasteiger partial charge in [0.2, 0.25) is 0 Å². The number of carbonyl (C=O) groups excluding carboxylic acids is 1. The molecule has 2 rings (SSSR count). The zero-order valence-electron chi connectivity index (χ0n) is 13.3. The summed E-state index contributed by atoms with van der Waals surface area (Å²) >= 11 is 6.15. The molecule has 2 aromatic carbocycles. The second-order valence-electron chi connectivity index (χ2n) is 5.36. The van der Waals surface area contributed by atoms with E-state index in [4.69, 9.17) is 16.3 Å². The molecule has 0 radical (unpaired) electrons. The number of anilines is 1. The van der Waals surface area contributed by atoms with E-state index in [1.165, 1.54) is 0 Å². The maximum atomic E-state index is 12.5. The third-order valence-corrected chi connectivity index (χ3v) is 4.14. The maximum absolute atomic E-state index is 12.5. The molecule has 0 saturated carbocycles. The van der Waals surface area contributed by atoms with Crippen molar-refractivity contribution >= 4 is 23.2 Å². The molecule has 2 aromatic rings. The minimum absolute atomic E-state index is 0.101. The molecule has 0 aliphatic heterocycles. The number of amides is 1. The Morgan fingerprint density at radius 1 is 1.14 bits per heavy atom. The van der Waals surface area contributed by atoms with Gasteiger partial charge in [-0.1, -0.05) is 29.8 Å². The zero-order valence-corrected chi connectivity index (χ0v) is 14.0. The third-order valence-electron chi connectivity index (χ3n) is 3.54. The molecule has 1 amide bonds. The predicted octanol–water partition coefficient (Wildman–Crippen LogP) is 4.39. The van der Waals surface area contributed by atoms with E-state index in [-0.39, 0.29) is 5.91 Å². The highest BCUT2D eigenvalue weighted by Gasteiger charge is 2.20. The number of benzene rings is 2. The van der Waals surface area contributed by atoms with Gasteiger partial charge in [-0.25, -0.2) is 0 Å². The lowest BCUT2D eigenvalue weighted by atomic mass is 10.1. The molecular weight excluding hydrogens is 298 g/mol. The second-order valence-corrected chi connectivity index (χ2v) is 5.74. The molecular formula is C18H20ClNO2. The summed E-state index contributed by atoms with van der Waals surface area (Å²) in [4.78, 5) is 14.1. The van der Waals surface area contributed by atoms with Crippen LogP contribution in [-0.4, -0.2) is 19.1 Å². The van der Waals surface area contributed by atoms with Crippen LogP contribution in [0, 0.1) is 13.8 Å². The van der Waals surface area contributed by atoms with Gasteiger partial charge in [0.05, 0.1) is 0 Å². The summed E-state index contributed by atoms with van der Waals surface area (Å²) in [5.41, 5.74) is 2.71. The lowest BCUT2D eigenvalue weighted by Gasteiger charge is -2.22. The van der Waals surface area contributed by atoms with Crippen molar-refractivity contribution < 1.29 is 9.53 Å². The Labute approximate surface area is 136 Å². The Bertz CT molecular complexity index is 647. The average molecular weight is 318 g/mol. The highest BCUT2D eigenvalue weighted by Crippen LogP contribution is 2.26. The van der Waals surface area contributed by atoms with Crippen molar-refractivity contribution in [3.63, 3.8) is 0 Å². The molecule has 0 spiro atoms. The van der Waals surface area contributed by atoms with Crippen LogP contribution >= 0.6 is 11.6 Å². The first kappa shape index (κ1) is 16.4. The number of aryl methyl sites for hydroxylation is 2. The Morgan fingerprint density at radius 2 is 1.68 bits per heavy atom. The van der Waals surface area contributed by atoms with Crippen LogP contribution in [0.4, 0.5) is 5.69 Å². The van der Waals surface area contributed by atoms with Crippen LogP contribution in [0.2, 0.25) is 5.02 Å². The number of halogens is 1. The molecule has 0 N–H and O–H groups in total. The number of nitrogens with zero attached hydrogens (tertiary/aromatic N) is 1. The number of hydrogen-bond acceptors (Lipinski definition) is 2. The third kappa shape index (κ3) is 3.60. The van der Waals surface area contributed by atoms with Crippen molar-refractivity contribution in [3.05, 3.63) is 58.6 Å². The van der Waals surface area contributed by atoms with E-state index >= 15 is 0 Å². The molecule has 0 unspecified atom stereocenters. The van der Waals surface area contributed by atoms with Gasteiger partial charge < -0.3 is 9.64 Å². The topological polar surface area (TPSA) is 29.5 Å². The second kappa shape index (κ2) is 6.84. The standard InChI is InChI=1S/C18H20ClNO2/c1-12-10-16(11-13(2)17(12)19)22-14(3)18(21)20(4)15-8-6-5-7-9-15/h5-11,14H,1-4H3/t14-/m0/s1. The van der Waals surface area contributed by atoms with Crippen molar-refractivity contribution in [2.45, 2.75) is 26.9 Å². The molecule has 4 heteroatoms. The molecule has 0 aliphatic rings. The van der Waals surface area contributed by atoms with Crippen molar-refractivity contribution in [2.24, 2.45) is 0 Å². The molecule has 0 bridgehead atoms. The predicted molar refractivity (Wildman–Crippen MR) is 90.9 cm³/mol. The summed E-state index contributed by atoms with van der Waals surface area (Å²) in [7, 11) is 1.75. The van der Waals surface area contributed by atoms with E-state index in [1.807, 2.05) is 56.3 Å². The van der Waals surface area contributed by atoms with Crippen LogP contribution in [0.5, 0.6) is 5.75 Å². The van der Waals surface area contributed by atoms with Crippen LogP contribution in [0.25, 0.3) is 0 Å². The number of para-hydroxylation sites is 1. The van der Waals surface area contributed by atoms with Gasteiger partial charge in [-0.3, -0.25) is 4.79 Å². The van der Waals surface area contributed by atoms with Crippen molar-refractivity contribution in [1.29, 1.82) is 0 Å². The number of rotatable bonds is 4. The lowest BCUT2D eigenvalue weighted by molar-refractivity contribution is -0.124. The summed E-state index contributed by atoms with van der Waals surface area (Å²) in [6, 6.07) is 13.2. The molecule has 0 heterocycles. The first-order chi connectivity index (χ1) is 10.4. The minimum Gasteiger partial charge on any atom is -0.481 e. The SMILES string of the molecule is Cc1cc(O[C@@H](C)C(=O)N(C)c2ccccc2)cc(C)c1Cl. The first-order valence-corrected chi connectivity index (χ1v) is 7.54. The summed E-state index contributed by atoms with van der Waals surface area (Å²) in [5.74, 6) is 0.554. The van der Waals surface area contributed by atoms with E-state index in [2.05, 4.69) is 0 Å². The Kier molecular flexibility index (Phi) is 5.09. The Morgan fingerprint density at radius 3 is 2.23 bits per heavy atom. The van der Waals surface area contributed by atoms with Crippen molar-refractivity contribution in [2.75, 3.05) is 11.9 Å². The van der Waals surface area contributed by atoms with Gasteiger partial charge in [0, 0.05) is 17.8 Å². The Hall–Kier alpha value is -2.00. The molecule has 3 nitrogen and oxygen atoms in total. The van der Waals surface area contributed by atoms with E-state index < -0.39 is 6.10 Å². The van der Waals surface area contributed by atoms with Gasteiger partial charge in [-0.2, -0.15) is 0 Å². The highest BCUT2D eigenvalue weighted by atomic mass is 35.5. The first-order valence-electron chi connectivity index (χ1n) is 7.16. The van der Waals surface area contributed by atoms with Crippen LogP contribution in [0.15, 0.2) is 42.5 Å². The largest absolute Gasteiger partial charge is 0.481 e. The molecule has 1 atom stereocenters. The number of ether oxygens (including phenoxy) is 1. The van der Waals surface area contributed by atoms with Crippen LogP contribution in [0.1, 0.15) is 18.1 Å². The fourth-order valence-electron chi connectivity index (χ4n) is 2.28. The van der Waals surface area contributed by atoms with E-state index in [0.29, 0.717) is 5.75 Å². The zero-order chi connectivity index (χ0) is 16.3. The van der Waals surface area contributed by atoms with Gasteiger partial charge >= 0.3 is 0 Å². The number of likely N-dealkylation sites (N-methyl/N-ethyl adjacent to an activating group) is 1. The summed E-state index contributed by atoms with van der Waals surface area (Å²) in [6.45, 7) is 5.59. The van der Waals surface area contributed by atoms with Gasteiger partial charge in [0.25, 0.3) is 5.91 Å². The van der Waals surface area contributed by atoms with E-state index in [1.54, 1.807) is 18.9 Å². The van der Waals surface area contributed by atoms with Gasteiger partial charge in [0.15, 0.2) is 6.10 Å². The normalized spacial score (nSPS) is 11.9. The lowest BCUT2D eigenvalue weighted by Crippen LogP contribution is -2.38. The van der Waals surface area contributed by atoms with Crippen LogP contribution < -0.4 is 9.64 Å². The van der Waals surface area contributed by atoms with Crippen LogP contribution in [0.3, 0.4) is 0 Å². The van der Waals surface area contributed by atoms with Crippen LogP contribution in [-0.2, 0) is 4.79 Å². The smallest absolute Gasteiger partial charge is 0.267 e. The summed E-state index contributed by atoms with van der Waals surface area (Å²) in [6.07, 6.45) is -0.579. The molecule has 22 heavy (non-hydrogen) atoms. The average Bonchev–Trinajstić information content (AvgIpc) is 2.51. The monoisotopic (exact) mass is 317 g/mol. The van der Waals surface area contributed by atoms with E-state index in [0.717, 1.165) is 21.8 Å². The molecule has 0 aliphatic carbocycles. The quantitative estimate of drug-likeness (QED) is 0.837. The minimum atomic E-state index is -0.579. The van der Waals surface area contributed by atoms with Gasteiger partial charge in [0.1, 0.15) is 5.75 Å². The summed E-state index contributed by atoms with van der Waals surface area (Å²) < 4.78 is 5.79. The highest BCUT2D eigenvalue weighted by molar-refractivity contribution is 6.32. The van der Waals surface area contributed by atoms with Gasteiger partial charge in [-0.15, -0.1) is 0 Å². The maximum Gasteiger partial charge on any atom is 0.267 e. The van der Waals surface area contributed by atoms with Crippen molar-refractivity contribution in [1.82, 2.24) is 0 Å². The molecule has 0 fully saturated rings. The molecule has 116 valence electrons. The number of carbonyl (C=O) groups is 1. The molecule has 0 aromatic heterocycles. The fourth-order valence-corrected chi connectivity index (χ4v) is 2.39.